The molecule has 1 aliphatic heterocycles. The standard InChI is InChI=1S/C33H31ClF4N10O3/c1-44(29(49)9-10-30(50)45-13-3-2-4-14-45)19-27(46-17-23(16-41-46)21-11-12-39-28(15-21)33(36,37)38)25-7-5-22(18-48(25)51)31-26(47-20-40-42-43-47)8-6-24(34)32(31)35/h5-8,11-12,15-18,20,27H,2-4,9-10,13-14,19H2,1H3/t27-/m0/s1. The minimum absolute atomic E-state index is 0.0222. The Morgan fingerprint density at radius 3 is 2.55 bits per heavy atom. The zero-order valence-electron chi connectivity index (χ0n) is 27.2. The quantitative estimate of drug-likeness (QED) is 0.113. The minimum Gasteiger partial charge on any atom is -0.618 e. The van der Waals surface area contributed by atoms with Gasteiger partial charge < -0.3 is 15.0 Å². The van der Waals surface area contributed by atoms with Crippen LogP contribution in [0.25, 0.3) is 27.9 Å². The molecule has 5 aromatic rings. The van der Waals surface area contributed by atoms with E-state index >= 15 is 4.39 Å². The lowest BCUT2D eigenvalue weighted by molar-refractivity contribution is -0.615. The molecule has 266 valence electrons. The fourth-order valence-corrected chi connectivity index (χ4v) is 6.14. The molecule has 0 spiro atoms. The Bertz CT molecular complexity index is 2030. The monoisotopic (exact) mass is 726 g/mol. The molecule has 0 aliphatic carbocycles. The average Bonchev–Trinajstić information content (AvgIpc) is 3.84. The number of rotatable bonds is 10. The molecule has 4 aromatic heterocycles. The first kappa shape index (κ1) is 35.4. The Morgan fingerprint density at radius 2 is 1.84 bits per heavy atom. The van der Waals surface area contributed by atoms with Crippen LogP contribution >= 0.6 is 11.6 Å². The van der Waals surface area contributed by atoms with Crippen LogP contribution in [0.15, 0.2) is 67.5 Å². The van der Waals surface area contributed by atoms with Gasteiger partial charge in [0.1, 0.15) is 12.0 Å². The molecule has 1 aromatic carbocycles. The van der Waals surface area contributed by atoms with Crippen molar-refractivity contribution in [2.45, 2.75) is 44.3 Å². The smallest absolute Gasteiger partial charge is 0.433 e. The van der Waals surface area contributed by atoms with E-state index < -0.39 is 23.7 Å². The van der Waals surface area contributed by atoms with Gasteiger partial charge in [-0.05, 0) is 65.6 Å². The van der Waals surface area contributed by atoms with Crippen LogP contribution in [0.5, 0.6) is 0 Å². The lowest BCUT2D eigenvalue weighted by Crippen LogP contribution is -2.41. The van der Waals surface area contributed by atoms with E-state index in [1.54, 1.807) is 4.90 Å². The van der Waals surface area contributed by atoms with Crippen LogP contribution in [-0.4, -0.2) is 83.3 Å². The molecule has 6 rings (SSSR count). The van der Waals surface area contributed by atoms with Crippen molar-refractivity contribution in [3.8, 4) is 27.9 Å². The van der Waals surface area contributed by atoms with Gasteiger partial charge in [-0.3, -0.25) is 19.3 Å². The van der Waals surface area contributed by atoms with E-state index in [-0.39, 0.29) is 64.3 Å². The number of halogens is 5. The zero-order valence-corrected chi connectivity index (χ0v) is 27.9. The SMILES string of the molecule is CN(C[C@@H](c1ccc(-c2c(-n3cnnn3)ccc(Cl)c2F)c[n+]1[O-])n1cc(-c2ccnc(C(F)(F)F)c2)cn1)C(=O)CCC(=O)N1CCCCC1. The third-order valence-electron chi connectivity index (χ3n) is 8.68. The number of likely N-dealkylation sites (tertiary alicyclic amines) is 1. The maximum atomic E-state index is 15.5. The van der Waals surface area contributed by atoms with Crippen molar-refractivity contribution in [1.29, 1.82) is 0 Å². The molecular formula is C33H31ClF4N10O3. The Balaban J connectivity index is 1.33. The number of pyridine rings is 2. The van der Waals surface area contributed by atoms with Crippen LogP contribution in [0.3, 0.4) is 0 Å². The third kappa shape index (κ3) is 7.82. The fourth-order valence-electron chi connectivity index (χ4n) is 5.98. The van der Waals surface area contributed by atoms with Gasteiger partial charge in [0.2, 0.25) is 17.5 Å². The number of hydrogen-bond acceptors (Lipinski definition) is 8. The van der Waals surface area contributed by atoms with E-state index in [0.29, 0.717) is 23.4 Å². The highest BCUT2D eigenvalue weighted by molar-refractivity contribution is 6.31. The van der Waals surface area contributed by atoms with Crippen LogP contribution in [0.2, 0.25) is 5.02 Å². The molecule has 51 heavy (non-hydrogen) atoms. The molecule has 18 heteroatoms. The van der Waals surface area contributed by atoms with Crippen molar-refractivity contribution >= 4 is 23.4 Å². The molecule has 5 heterocycles. The molecule has 1 aliphatic rings. The summed E-state index contributed by atoms with van der Waals surface area (Å²) in [6.07, 6.45) is 4.40. The van der Waals surface area contributed by atoms with Crippen LogP contribution in [0.4, 0.5) is 17.6 Å². The van der Waals surface area contributed by atoms with E-state index in [4.69, 9.17) is 11.6 Å². The topological polar surface area (TPSA) is 142 Å². The Kier molecular flexibility index (Phi) is 10.3. The normalized spacial score (nSPS) is 14.0. The summed E-state index contributed by atoms with van der Waals surface area (Å²) in [5.74, 6) is -1.28. The average molecular weight is 727 g/mol. The minimum atomic E-state index is -4.67. The van der Waals surface area contributed by atoms with Gasteiger partial charge >= 0.3 is 6.18 Å². The number of aromatic nitrogens is 8. The molecule has 1 atom stereocenters. The van der Waals surface area contributed by atoms with E-state index in [1.807, 2.05) is 0 Å². The van der Waals surface area contributed by atoms with E-state index in [9.17, 15) is 28.0 Å². The molecule has 0 unspecified atom stereocenters. The van der Waals surface area contributed by atoms with Gasteiger partial charge in [-0.15, -0.1) is 5.10 Å². The predicted molar refractivity (Wildman–Crippen MR) is 174 cm³/mol. The largest absolute Gasteiger partial charge is 0.618 e. The number of likely N-dealkylation sites (N-methyl/N-ethyl adjacent to an activating group) is 1. The van der Waals surface area contributed by atoms with Gasteiger partial charge in [0.05, 0.1) is 34.6 Å². The first-order valence-electron chi connectivity index (χ1n) is 15.9. The molecule has 0 N–H and O–H groups in total. The van der Waals surface area contributed by atoms with Crippen LogP contribution in [-0.2, 0) is 15.8 Å². The summed E-state index contributed by atoms with van der Waals surface area (Å²) in [4.78, 5) is 32.5. The van der Waals surface area contributed by atoms with Gasteiger partial charge in [0.25, 0.3) is 0 Å². The second-order valence-corrected chi connectivity index (χ2v) is 12.5. The Morgan fingerprint density at radius 1 is 1.06 bits per heavy atom. The highest BCUT2D eigenvalue weighted by Crippen LogP contribution is 2.34. The zero-order chi connectivity index (χ0) is 36.3. The van der Waals surface area contributed by atoms with Crippen LogP contribution in [0.1, 0.15) is 49.5 Å². The molecule has 2 amide bonds. The highest BCUT2D eigenvalue weighted by Gasteiger charge is 2.33. The maximum Gasteiger partial charge on any atom is 0.433 e. The summed E-state index contributed by atoms with van der Waals surface area (Å²) < 4.78 is 58.8. The lowest BCUT2D eigenvalue weighted by atomic mass is 10.0. The molecule has 13 nitrogen and oxygen atoms in total. The second kappa shape index (κ2) is 14.8. The summed E-state index contributed by atoms with van der Waals surface area (Å²) in [5, 5.41) is 28.9. The summed E-state index contributed by atoms with van der Waals surface area (Å²) in [6, 6.07) is 7.06. The number of hydrogen-bond donors (Lipinski definition) is 0. The summed E-state index contributed by atoms with van der Waals surface area (Å²) in [5.41, 5.74) is -0.229. The van der Waals surface area contributed by atoms with Gasteiger partial charge in [0.15, 0.2) is 18.1 Å². The van der Waals surface area contributed by atoms with Crippen LogP contribution < -0.4 is 4.73 Å². The third-order valence-corrected chi connectivity index (χ3v) is 8.97. The van der Waals surface area contributed by atoms with Crippen LogP contribution in [0, 0.1) is 11.0 Å². The first-order chi connectivity index (χ1) is 24.4. The number of tetrazole rings is 1. The first-order valence-corrected chi connectivity index (χ1v) is 16.3. The summed E-state index contributed by atoms with van der Waals surface area (Å²) >= 11 is 6.10. The summed E-state index contributed by atoms with van der Waals surface area (Å²) in [6.45, 7) is 1.21. The van der Waals surface area contributed by atoms with E-state index in [0.717, 1.165) is 37.7 Å². The lowest BCUT2D eigenvalue weighted by Gasteiger charge is -2.27. The van der Waals surface area contributed by atoms with Gasteiger partial charge in [-0.2, -0.15) is 27.7 Å². The van der Waals surface area contributed by atoms with Gasteiger partial charge in [-0.25, -0.2) is 4.39 Å². The number of nitrogens with zero attached hydrogens (tertiary/aromatic N) is 10. The number of alkyl halides is 3. The Labute approximate surface area is 293 Å². The number of amides is 2. The summed E-state index contributed by atoms with van der Waals surface area (Å²) in [7, 11) is 1.52. The fraction of sp³-hybridized carbons (Fsp3) is 0.333. The second-order valence-electron chi connectivity index (χ2n) is 12.0. The Hall–Kier alpha value is -5.45. The van der Waals surface area contributed by atoms with Crippen molar-refractivity contribution in [1.82, 2.24) is 44.8 Å². The van der Waals surface area contributed by atoms with Gasteiger partial charge in [-0.1, -0.05) is 11.6 Å². The maximum absolute atomic E-state index is 15.5. The van der Waals surface area contributed by atoms with E-state index in [1.165, 1.54) is 70.4 Å². The number of benzene rings is 1. The predicted octanol–water partition coefficient (Wildman–Crippen LogP) is 4.87. The molecular weight excluding hydrogens is 696 g/mol. The van der Waals surface area contributed by atoms with Crippen molar-refractivity contribution in [2.75, 3.05) is 26.7 Å². The number of piperidine rings is 1. The van der Waals surface area contributed by atoms with Crippen molar-refractivity contribution < 1.29 is 31.9 Å². The number of carbonyl (C=O) groups excluding carboxylic acids is 2. The van der Waals surface area contributed by atoms with Crippen molar-refractivity contribution in [2.24, 2.45) is 0 Å². The molecule has 1 fully saturated rings. The molecule has 0 saturated carbocycles. The molecule has 0 bridgehead atoms. The van der Waals surface area contributed by atoms with Crippen molar-refractivity contribution in [3.05, 3.63) is 94.9 Å². The number of carbonyl (C=O) groups is 2. The van der Waals surface area contributed by atoms with Gasteiger partial charge in [0, 0.05) is 57.0 Å². The van der Waals surface area contributed by atoms with E-state index in [2.05, 4.69) is 25.6 Å². The van der Waals surface area contributed by atoms with Crippen molar-refractivity contribution in [3.63, 3.8) is 0 Å². The molecule has 1 saturated heterocycles. The molecule has 0 radical (unpaired) electrons. The highest BCUT2D eigenvalue weighted by atomic mass is 35.5.